The van der Waals surface area contributed by atoms with Crippen LogP contribution in [0.3, 0.4) is 0 Å². The van der Waals surface area contributed by atoms with Gasteiger partial charge in [0, 0.05) is 12.7 Å². The molecule has 4 nitrogen and oxygen atoms in total. The lowest BCUT2D eigenvalue weighted by molar-refractivity contribution is 0.624. The molecule has 0 aromatic carbocycles. The Kier molecular flexibility index (Phi) is 7.10. The van der Waals surface area contributed by atoms with Crippen LogP contribution in [0.25, 0.3) is 0 Å². The molecule has 0 aromatic heterocycles. The third-order valence-electron chi connectivity index (χ3n) is 1.88. The fourth-order valence-corrected chi connectivity index (χ4v) is 1.31. The van der Waals surface area contributed by atoms with Gasteiger partial charge in [0.2, 0.25) is 0 Å². The SMILES string of the molecule is CCCCC/C(=C/C(=N)[SH](=O)=O)NC. The van der Waals surface area contributed by atoms with Gasteiger partial charge in [0.1, 0.15) is 5.04 Å². The van der Waals surface area contributed by atoms with Crippen molar-refractivity contribution in [3.8, 4) is 0 Å². The van der Waals surface area contributed by atoms with Crippen LogP contribution in [0.15, 0.2) is 11.8 Å². The fraction of sp³-hybridized carbons (Fsp3) is 0.667. The van der Waals surface area contributed by atoms with E-state index in [2.05, 4.69) is 12.2 Å². The number of rotatable bonds is 6. The molecule has 14 heavy (non-hydrogen) atoms. The number of thiol groups is 1. The highest BCUT2D eigenvalue weighted by atomic mass is 32.2. The molecule has 0 aliphatic rings. The van der Waals surface area contributed by atoms with Crippen LogP contribution in [-0.4, -0.2) is 20.5 Å². The zero-order valence-corrected chi connectivity index (χ0v) is 9.56. The second kappa shape index (κ2) is 7.55. The minimum Gasteiger partial charge on any atom is -0.391 e. The Morgan fingerprint density at radius 3 is 2.50 bits per heavy atom. The standard InChI is InChI=1S/C9H18N2O2S/c1-3-4-5-6-8(11-2)7-9(10)14(12)13/h7,10-11,14H,3-6H2,1-2H3/b8-7-,10-9?. The largest absolute Gasteiger partial charge is 0.391 e. The lowest BCUT2D eigenvalue weighted by atomic mass is 10.1. The average Bonchev–Trinajstić information content (AvgIpc) is 2.16. The van der Waals surface area contributed by atoms with E-state index in [-0.39, 0.29) is 5.04 Å². The highest BCUT2D eigenvalue weighted by Crippen LogP contribution is 2.05. The first-order chi connectivity index (χ1) is 6.61. The molecule has 0 amide bonds. The van der Waals surface area contributed by atoms with Gasteiger partial charge in [-0.2, -0.15) is 0 Å². The van der Waals surface area contributed by atoms with Gasteiger partial charge in [-0.1, -0.05) is 19.8 Å². The number of allylic oxidation sites excluding steroid dienone is 1. The first-order valence-electron chi connectivity index (χ1n) is 4.73. The summed E-state index contributed by atoms with van der Waals surface area (Å²) in [5.74, 6) is 0. The van der Waals surface area contributed by atoms with E-state index in [0.29, 0.717) is 0 Å². The zero-order valence-electron chi connectivity index (χ0n) is 8.67. The normalized spacial score (nSPS) is 11.8. The number of hydrogen-bond donors (Lipinski definition) is 3. The molecule has 0 saturated carbocycles. The second-order valence-corrected chi connectivity index (χ2v) is 4.02. The van der Waals surface area contributed by atoms with Gasteiger partial charge in [-0.05, 0) is 18.9 Å². The summed E-state index contributed by atoms with van der Waals surface area (Å²) in [7, 11) is -1.01. The van der Waals surface area contributed by atoms with Crippen molar-refractivity contribution in [1.82, 2.24) is 5.32 Å². The van der Waals surface area contributed by atoms with Gasteiger partial charge < -0.3 is 5.32 Å². The molecule has 82 valence electrons. The predicted molar refractivity (Wildman–Crippen MR) is 59.3 cm³/mol. The van der Waals surface area contributed by atoms with Crippen molar-refractivity contribution in [2.75, 3.05) is 7.05 Å². The highest BCUT2D eigenvalue weighted by Gasteiger charge is 1.98. The van der Waals surface area contributed by atoms with Crippen molar-refractivity contribution < 1.29 is 8.42 Å². The summed E-state index contributed by atoms with van der Waals surface area (Å²) in [6.07, 6.45) is 5.45. The van der Waals surface area contributed by atoms with Crippen molar-refractivity contribution in [3.05, 3.63) is 11.8 Å². The molecule has 0 bridgehead atoms. The molecule has 0 unspecified atom stereocenters. The maximum atomic E-state index is 10.4. The number of nitrogens with one attached hydrogen (secondary N) is 2. The Morgan fingerprint density at radius 2 is 2.07 bits per heavy atom. The van der Waals surface area contributed by atoms with Crippen LogP contribution in [0.1, 0.15) is 32.6 Å². The van der Waals surface area contributed by atoms with E-state index in [9.17, 15) is 8.42 Å². The van der Waals surface area contributed by atoms with E-state index in [1.807, 2.05) is 0 Å². The molecule has 0 aliphatic heterocycles. The molecular formula is C9H18N2O2S. The second-order valence-electron chi connectivity index (χ2n) is 3.02. The first-order valence-corrected chi connectivity index (χ1v) is 5.90. The van der Waals surface area contributed by atoms with Crippen molar-refractivity contribution >= 4 is 15.7 Å². The summed E-state index contributed by atoms with van der Waals surface area (Å²) in [6, 6.07) is 0. The minimum absolute atomic E-state index is 0.333. The summed E-state index contributed by atoms with van der Waals surface area (Å²) in [5.41, 5.74) is 0.808. The van der Waals surface area contributed by atoms with Crippen LogP contribution < -0.4 is 5.32 Å². The number of unbranched alkanes of at least 4 members (excludes halogenated alkanes) is 2. The lowest BCUT2D eigenvalue weighted by Crippen LogP contribution is -2.08. The van der Waals surface area contributed by atoms with Gasteiger partial charge in [-0.3, -0.25) is 5.41 Å². The van der Waals surface area contributed by atoms with Crippen molar-refractivity contribution in [2.24, 2.45) is 0 Å². The van der Waals surface area contributed by atoms with Crippen LogP contribution in [-0.2, 0) is 10.7 Å². The number of hydrogen-bond acceptors (Lipinski definition) is 4. The molecule has 0 heterocycles. The molecular weight excluding hydrogens is 200 g/mol. The fourth-order valence-electron chi connectivity index (χ4n) is 1.05. The molecule has 0 spiro atoms. The maximum absolute atomic E-state index is 10.4. The topological polar surface area (TPSA) is 70.0 Å². The van der Waals surface area contributed by atoms with Crippen molar-refractivity contribution in [1.29, 1.82) is 5.41 Å². The molecule has 0 rings (SSSR count). The predicted octanol–water partition coefficient (Wildman–Crippen LogP) is 1.26. The molecule has 0 fully saturated rings. The Morgan fingerprint density at radius 1 is 1.43 bits per heavy atom. The van der Waals surface area contributed by atoms with E-state index in [1.165, 1.54) is 6.08 Å². The van der Waals surface area contributed by atoms with Crippen LogP contribution >= 0.6 is 0 Å². The quantitative estimate of drug-likeness (QED) is 0.272. The summed E-state index contributed by atoms with van der Waals surface area (Å²) in [5, 5.41) is 9.71. The third-order valence-corrected chi connectivity index (χ3v) is 2.40. The Bertz CT molecular complexity index is 275. The summed E-state index contributed by atoms with van der Waals surface area (Å²) in [4.78, 5) is 0. The van der Waals surface area contributed by atoms with Crippen LogP contribution in [0.2, 0.25) is 0 Å². The van der Waals surface area contributed by atoms with Gasteiger partial charge >= 0.3 is 0 Å². The summed E-state index contributed by atoms with van der Waals surface area (Å²) < 4.78 is 20.8. The zero-order chi connectivity index (χ0) is 11.0. The molecule has 0 aromatic rings. The summed E-state index contributed by atoms with van der Waals surface area (Å²) in [6.45, 7) is 2.11. The third kappa shape index (κ3) is 5.75. The van der Waals surface area contributed by atoms with Crippen LogP contribution in [0.5, 0.6) is 0 Å². The van der Waals surface area contributed by atoms with E-state index in [0.717, 1.165) is 31.4 Å². The molecule has 2 N–H and O–H groups in total. The molecule has 0 atom stereocenters. The monoisotopic (exact) mass is 218 g/mol. The van der Waals surface area contributed by atoms with Gasteiger partial charge in [-0.25, -0.2) is 8.42 Å². The maximum Gasteiger partial charge on any atom is 0.184 e. The van der Waals surface area contributed by atoms with Crippen molar-refractivity contribution in [2.45, 2.75) is 32.6 Å². The Hall–Kier alpha value is -0.840. The van der Waals surface area contributed by atoms with Gasteiger partial charge in [0.05, 0.1) is 0 Å². The Labute approximate surface area is 86.9 Å². The smallest absolute Gasteiger partial charge is 0.184 e. The van der Waals surface area contributed by atoms with Crippen molar-refractivity contribution in [3.63, 3.8) is 0 Å². The molecule has 0 saturated heterocycles. The lowest BCUT2D eigenvalue weighted by Gasteiger charge is -2.05. The molecule has 0 aliphatic carbocycles. The summed E-state index contributed by atoms with van der Waals surface area (Å²) >= 11 is 0. The molecule has 0 radical (unpaired) electrons. The van der Waals surface area contributed by atoms with E-state index < -0.39 is 10.7 Å². The molecule has 5 heteroatoms. The minimum atomic E-state index is -2.75. The van der Waals surface area contributed by atoms with Crippen LogP contribution in [0.4, 0.5) is 0 Å². The van der Waals surface area contributed by atoms with Crippen LogP contribution in [0, 0.1) is 5.41 Å². The van der Waals surface area contributed by atoms with Gasteiger partial charge in [0.15, 0.2) is 10.7 Å². The van der Waals surface area contributed by atoms with Gasteiger partial charge in [-0.15, -0.1) is 0 Å². The van der Waals surface area contributed by atoms with Gasteiger partial charge in [0.25, 0.3) is 0 Å². The van der Waals surface area contributed by atoms with E-state index in [1.54, 1.807) is 7.05 Å². The van der Waals surface area contributed by atoms with E-state index >= 15 is 0 Å². The highest BCUT2D eigenvalue weighted by molar-refractivity contribution is 7.89. The Balaban J connectivity index is 4.18. The average molecular weight is 218 g/mol. The van der Waals surface area contributed by atoms with E-state index in [4.69, 9.17) is 5.41 Å². The first kappa shape index (κ1) is 13.2.